The largest absolute Gasteiger partial charge is 0.375 e. The number of hydrogen-bond acceptors (Lipinski definition) is 3. The highest BCUT2D eigenvalue weighted by molar-refractivity contribution is 5.77. The molecular weight excluding hydrogens is 256 g/mol. The number of ether oxygens (including phenoxy) is 1. The number of piperidine rings is 2. The molecule has 1 atom stereocenters. The van der Waals surface area contributed by atoms with Gasteiger partial charge in [-0.1, -0.05) is 0 Å². The first-order chi connectivity index (χ1) is 9.63. The van der Waals surface area contributed by atoms with Crippen LogP contribution in [-0.2, 0) is 14.3 Å². The zero-order valence-corrected chi connectivity index (χ0v) is 12.5. The molecule has 1 radical (unpaired) electrons. The fourth-order valence-corrected chi connectivity index (χ4v) is 3.40. The van der Waals surface area contributed by atoms with Gasteiger partial charge in [-0.05, 0) is 38.0 Å². The van der Waals surface area contributed by atoms with E-state index < -0.39 is 0 Å². The number of amides is 2. The Morgan fingerprint density at radius 3 is 2.55 bits per heavy atom. The van der Waals surface area contributed by atoms with Gasteiger partial charge in [-0.25, -0.2) is 0 Å². The van der Waals surface area contributed by atoms with E-state index in [0.717, 1.165) is 45.3 Å². The lowest BCUT2D eigenvalue weighted by atomic mass is 9.83. The smallest absolute Gasteiger partial charge is 0.248 e. The number of nitrogens with zero attached hydrogens (tertiary/aromatic N) is 2. The average Bonchev–Trinajstić information content (AvgIpc) is 2.47. The molecule has 0 aromatic rings. The maximum atomic E-state index is 11.8. The van der Waals surface area contributed by atoms with Crippen molar-refractivity contribution in [2.75, 3.05) is 33.4 Å². The van der Waals surface area contributed by atoms with Crippen LogP contribution in [0.15, 0.2) is 0 Å². The summed E-state index contributed by atoms with van der Waals surface area (Å²) in [5.74, 6) is 0.771. The van der Waals surface area contributed by atoms with Crippen LogP contribution in [-0.4, -0.2) is 61.0 Å². The lowest BCUT2D eigenvalue weighted by Crippen LogP contribution is -2.50. The van der Waals surface area contributed by atoms with Crippen LogP contribution < -0.4 is 0 Å². The summed E-state index contributed by atoms with van der Waals surface area (Å²) in [5.41, 5.74) is 0. The number of hydrogen-bond donors (Lipinski definition) is 0. The number of likely N-dealkylation sites (tertiary alicyclic amines) is 2. The van der Waals surface area contributed by atoms with Crippen molar-refractivity contribution in [1.82, 2.24) is 9.80 Å². The van der Waals surface area contributed by atoms with Gasteiger partial charge in [0.25, 0.3) is 0 Å². The fourth-order valence-electron chi connectivity index (χ4n) is 3.40. The highest BCUT2D eigenvalue weighted by Crippen LogP contribution is 2.30. The fraction of sp³-hybridized carbons (Fsp3) is 0.800. The third-order valence-corrected chi connectivity index (χ3v) is 4.49. The van der Waals surface area contributed by atoms with Crippen LogP contribution in [0.1, 0.15) is 32.6 Å². The van der Waals surface area contributed by atoms with Crippen LogP contribution in [0.25, 0.3) is 0 Å². The molecule has 0 aromatic heterocycles. The number of carbonyl (C=O) groups is 2. The second kappa shape index (κ2) is 7.07. The summed E-state index contributed by atoms with van der Waals surface area (Å²) < 4.78 is 4.90. The molecule has 2 saturated heterocycles. The summed E-state index contributed by atoms with van der Waals surface area (Å²) in [6.07, 6.45) is 6.26. The summed E-state index contributed by atoms with van der Waals surface area (Å²) in [7, 11) is 1.55. The van der Waals surface area contributed by atoms with Crippen molar-refractivity contribution in [1.29, 1.82) is 0 Å². The van der Waals surface area contributed by atoms with Crippen molar-refractivity contribution in [3.63, 3.8) is 0 Å². The van der Waals surface area contributed by atoms with Gasteiger partial charge in [0.2, 0.25) is 11.8 Å². The Labute approximate surface area is 121 Å². The summed E-state index contributed by atoms with van der Waals surface area (Å²) in [6, 6.07) is 0.334. The molecule has 0 spiro atoms. The summed E-state index contributed by atoms with van der Waals surface area (Å²) in [4.78, 5) is 27.4. The maximum Gasteiger partial charge on any atom is 0.248 e. The SMILES string of the molecule is COCC(=O)N1CCC(C2C[CH]CCN2C(C)=O)CC1. The molecule has 0 saturated carbocycles. The van der Waals surface area contributed by atoms with E-state index in [4.69, 9.17) is 4.74 Å². The van der Waals surface area contributed by atoms with Gasteiger partial charge in [-0.2, -0.15) is 0 Å². The van der Waals surface area contributed by atoms with Crippen LogP contribution in [0.5, 0.6) is 0 Å². The Hall–Kier alpha value is -1.10. The molecule has 0 aliphatic carbocycles. The van der Waals surface area contributed by atoms with Gasteiger partial charge in [0.05, 0.1) is 0 Å². The Balaban J connectivity index is 1.89. The Kier molecular flexibility index (Phi) is 5.40. The molecular formula is C15H25N2O3. The minimum absolute atomic E-state index is 0.0737. The minimum Gasteiger partial charge on any atom is -0.375 e. The molecule has 5 nitrogen and oxygen atoms in total. The maximum absolute atomic E-state index is 11.8. The highest BCUT2D eigenvalue weighted by atomic mass is 16.5. The van der Waals surface area contributed by atoms with E-state index in [1.54, 1.807) is 14.0 Å². The third kappa shape index (κ3) is 3.51. The van der Waals surface area contributed by atoms with E-state index in [1.165, 1.54) is 0 Å². The molecule has 0 N–H and O–H groups in total. The Morgan fingerprint density at radius 1 is 1.25 bits per heavy atom. The van der Waals surface area contributed by atoms with Gasteiger partial charge < -0.3 is 14.5 Å². The van der Waals surface area contributed by atoms with Crippen molar-refractivity contribution in [3.05, 3.63) is 6.42 Å². The first kappa shape index (κ1) is 15.3. The van der Waals surface area contributed by atoms with E-state index in [-0.39, 0.29) is 18.4 Å². The van der Waals surface area contributed by atoms with Crippen molar-refractivity contribution in [2.45, 2.75) is 38.6 Å². The molecule has 20 heavy (non-hydrogen) atoms. The predicted octanol–water partition coefficient (Wildman–Crippen LogP) is 1.09. The number of rotatable bonds is 3. The molecule has 2 rings (SSSR count). The molecule has 2 aliphatic heterocycles. The lowest BCUT2D eigenvalue weighted by molar-refractivity contribution is -0.139. The monoisotopic (exact) mass is 281 g/mol. The quantitative estimate of drug-likeness (QED) is 0.778. The third-order valence-electron chi connectivity index (χ3n) is 4.49. The van der Waals surface area contributed by atoms with E-state index in [9.17, 15) is 9.59 Å². The van der Waals surface area contributed by atoms with Crippen molar-refractivity contribution in [2.24, 2.45) is 5.92 Å². The van der Waals surface area contributed by atoms with E-state index in [1.807, 2.05) is 9.80 Å². The van der Waals surface area contributed by atoms with Gasteiger partial charge in [-0.3, -0.25) is 9.59 Å². The molecule has 2 amide bonds. The molecule has 2 heterocycles. The van der Waals surface area contributed by atoms with Gasteiger partial charge in [-0.15, -0.1) is 0 Å². The van der Waals surface area contributed by atoms with E-state index in [0.29, 0.717) is 12.0 Å². The molecule has 113 valence electrons. The predicted molar refractivity (Wildman–Crippen MR) is 75.9 cm³/mol. The second-order valence-electron chi connectivity index (χ2n) is 5.74. The second-order valence-corrected chi connectivity index (χ2v) is 5.74. The van der Waals surface area contributed by atoms with Gasteiger partial charge >= 0.3 is 0 Å². The standard InChI is InChI=1S/C15H25N2O3/c1-12(18)17-8-4-3-5-14(17)13-6-9-16(10-7-13)15(19)11-20-2/h3,13-14H,4-11H2,1-2H3. The zero-order chi connectivity index (χ0) is 14.5. The molecule has 2 aliphatic rings. The van der Waals surface area contributed by atoms with Crippen molar-refractivity contribution in [3.8, 4) is 0 Å². The Morgan fingerprint density at radius 2 is 1.95 bits per heavy atom. The van der Waals surface area contributed by atoms with Crippen LogP contribution >= 0.6 is 0 Å². The number of methoxy groups -OCH3 is 1. The molecule has 0 bridgehead atoms. The molecule has 0 aromatic carbocycles. The minimum atomic E-state index is 0.0737. The van der Waals surface area contributed by atoms with Crippen LogP contribution in [0.3, 0.4) is 0 Å². The van der Waals surface area contributed by atoms with Gasteiger partial charge in [0.1, 0.15) is 6.61 Å². The van der Waals surface area contributed by atoms with Crippen molar-refractivity contribution < 1.29 is 14.3 Å². The van der Waals surface area contributed by atoms with Crippen LogP contribution in [0.2, 0.25) is 0 Å². The molecule has 1 unspecified atom stereocenters. The average molecular weight is 281 g/mol. The first-order valence-electron chi connectivity index (χ1n) is 7.49. The topological polar surface area (TPSA) is 49.9 Å². The van der Waals surface area contributed by atoms with Crippen molar-refractivity contribution >= 4 is 11.8 Å². The number of carbonyl (C=O) groups excluding carboxylic acids is 2. The highest BCUT2D eigenvalue weighted by Gasteiger charge is 2.34. The normalized spacial score (nSPS) is 24.8. The van der Waals surface area contributed by atoms with Gasteiger partial charge in [0.15, 0.2) is 0 Å². The molecule has 5 heteroatoms. The van der Waals surface area contributed by atoms with E-state index in [2.05, 4.69) is 6.42 Å². The molecule has 2 fully saturated rings. The summed E-state index contributed by atoms with van der Waals surface area (Å²) in [5, 5.41) is 0. The Bertz CT molecular complexity index is 351. The summed E-state index contributed by atoms with van der Waals surface area (Å²) in [6.45, 7) is 4.25. The first-order valence-corrected chi connectivity index (χ1v) is 7.49. The van der Waals surface area contributed by atoms with Crippen LogP contribution in [0.4, 0.5) is 0 Å². The van der Waals surface area contributed by atoms with E-state index >= 15 is 0 Å². The van der Waals surface area contributed by atoms with Gasteiger partial charge in [0, 0.05) is 39.7 Å². The van der Waals surface area contributed by atoms with Crippen LogP contribution in [0, 0.1) is 12.3 Å². The zero-order valence-electron chi connectivity index (χ0n) is 12.5. The summed E-state index contributed by atoms with van der Waals surface area (Å²) >= 11 is 0. The lowest BCUT2D eigenvalue weighted by Gasteiger charge is -2.43.